The van der Waals surface area contributed by atoms with Crippen molar-refractivity contribution in [2.45, 2.75) is 46.1 Å². The minimum atomic E-state index is -0.150. The highest BCUT2D eigenvalue weighted by Crippen LogP contribution is 2.23. The fourth-order valence-corrected chi connectivity index (χ4v) is 3.39. The van der Waals surface area contributed by atoms with Crippen molar-refractivity contribution in [1.29, 1.82) is 0 Å². The van der Waals surface area contributed by atoms with Crippen molar-refractivity contribution < 1.29 is 4.79 Å². The molecule has 2 heterocycles. The molecule has 0 unspecified atom stereocenters. The van der Waals surface area contributed by atoms with E-state index in [1.165, 1.54) is 0 Å². The summed E-state index contributed by atoms with van der Waals surface area (Å²) in [6.07, 6.45) is 2.61. The average molecular weight is 335 g/mol. The summed E-state index contributed by atoms with van der Waals surface area (Å²) in [6.45, 7) is 8.71. The van der Waals surface area contributed by atoms with Gasteiger partial charge in [-0.3, -0.25) is 4.68 Å². The standard InChI is InChI=1S/C16H25N5OS/c1-6-13(14-11(3)20-21(5)12(14)4)19-16(22)18-9-10(2)15-17-7-8-23-15/h7-8,10,13H,6,9H2,1-5H3,(H2,18,19,22)/t10-,13+/m0/s1. The molecular formula is C16H25N5OS. The van der Waals surface area contributed by atoms with Crippen molar-refractivity contribution in [2.24, 2.45) is 7.05 Å². The second-order valence-electron chi connectivity index (χ2n) is 5.79. The molecule has 0 radical (unpaired) electrons. The number of amides is 2. The lowest BCUT2D eigenvalue weighted by Crippen LogP contribution is -2.39. The lowest BCUT2D eigenvalue weighted by Gasteiger charge is -2.19. The SMILES string of the molecule is CC[C@@H](NC(=O)NC[C@H](C)c1nccs1)c1c(C)nn(C)c1C. The van der Waals surface area contributed by atoms with Crippen LogP contribution in [0.3, 0.4) is 0 Å². The zero-order valence-corrected chi connectivity index (χ0v) is 15.2. The van der Waals surface area contributed by atoms with Gasteiger partial charge in [0.1, 0.15) is 0 Å². The number of rotatable bonds is 6. The monoisotopic (exact) mass is 335 g/mol. The molecule has 23 heavy (non-hydrogen) atoms. The smallest absolute Gasteiger partial charge is 0.315 e. The van der Waals surface area contributed by atoms with Crippen molar-refractivity contribution >= 4 is 17.4 Å². The maximum atomic E-state index is 12.2. The van der Waals surface area contributed by atoms with Crippen molar-refractivity contribution in [2.75, 3.05) is 6.54 Å². The van der Waals surface area contributed by atoms with Crippen LogP contribution in [-0.2, 0) is 7.05 Å². The van der Waals surface area contributed by atoms with E-state index < -0.39 is 0 Å². The highest BCUT2D eigenvalue weighted by Gasteiger charge is 2.20. The second kappa shape index (κ2) is 7.59. The van der Waals surface area contributed by atoms with Gasteiger partial charge in [0, 0.05) is 42.3 Å². The second-order valence-corrected chi connectivity index (χ2v) is 6.72. The Morgan fingerprint density at radius 2 is 2.17 bits per heavy atom. The number of aryl methyl sites for hydroxylation is 2. The van der Waals surface area contributed by atoms with Gasteiger partial charge in [-0.15, -0.1) is 11.3 Å². The van der Waals surface area contributed by atoms with Crippen LogP contribution in [0, 0.1) is 13.8 Å². The number of carbonyl (C=O) groups excluding carboxylic acids is 1. The summed E-state index contributed by atoms with van der Waals surface area (Å²) in [6, 6.07) is -0.179. The summed E-state index contributed by atoms with van der Waals surface area (Å²) in [7, 11) is 1.92. The predicted molar refractivity (Wildman–Crippen MR) is 92.8 cm³/mol. The van der Waals surface area contributed by atoms with Gasteiger partial charge in [0.25, 0.3) is 0 Å². The van der Waals surface area contributed by atoms with Crippen LogP contribution >= 0.6 is 11.3 Å². The summed E-state index contributed by atoms with van der Waals surface area (Å²) in [4.78, 5) is 16.5. The summed E-state index contributed by atoms with van der Waals surface area (Å²) in [5.41, 5.74) is 3.16. The van der Waals surface area contributed by atoms with E-state index >= 15 is 0 Å². The molecule has 0 aliphatic carbocycles. The van der Waals surface area contributed by atoms with Gasteiger partial charge in [0.05, 0.1) is 16.7 Å². The molecule has 0 saturated carbocycles. The number of urea groups is 1. The van der Waals surface area contributed by atoms with Crippen LogP contribution in [-0.4, -0.2) is 27.3 Å². The largest absolute Gasteiger partial charge is 0.337 e. The molecule has 0 fully saturated rings. The molecular weight excluding hydrogens is 310 g/mol. The molecule has 2 rings (SSSR count). The molecule has 0 aliphatic rings. The van der Waals surface area contributed by atoms with Gasteiger partial charge in [-0.05, 0) is 20.3 Å². The molecule has 0 bridgehead atoms. The fourth-order valence-electron chi connectivity index (χ4n) is 2.69. The number of nitrogens with one attached hydrogen (secondary N) is 2. The van der Waals surface area contributed by atoms with Crippen LogP contribution < -0.4 is 10.6 Å². The Labute approximate surface area is 141 Å². The molecule has 2 atom stereocenters. The summed E-state index contributed by atoms with van der Waals surface area (Å²) in [5.74, 6) is 0.211. The first kappa shape index (κ1) is 17.5. The van der Waals surface area contributed by atoms with Crippen molar-refractivity contribution in [3.05, 3.63) is 33.5 Å². The third-order valence-electron chi connectivity index (χ3n) is 4.07. The Bertz CT molecular complexity index is 650. The summed E-state index contributed by atoms with van der Waals surface area (Å²) < 4.78 is 1.86. The molecule has 2 N–H and O–H groups in total. The lowest BCUT2D eigenvalue weighted by atomic mass is 10.0. The molecule has 0 spiro atoms. The highest BCUT2D eigenvalue weighted by atomic mass is 32.1. The van der Waals surface area contributed by atoms with E-state index in [0.717, 1.165) is 28.4 Å². The van der Waals surface area contributed by atoms with Gasteiger partial charge in [0.15, 0.2) is 0 Å². The minimum absolute atomic E-state index is 0.0288. The Hall–Kier alpha value is -1.89. The third kappa shape index (κ3) is 4.10. The van der Waals surface area contributed by atoms with Gasteiger partial charge < -0.3 is 10.6 Å². The number of nitrogens with zero attached hydrogens (tertiary/aromatic N) is 3. The van der Waals surface area contributed by atoms with Gasteiger partial charge in [-0.2, -0.15) is 5.10 Å². The van der Waals surface area contributed by atoms with Crippen LogP contribution in [0.15, 0.2) is 11.6 Å². The van der Waals surface area contributed by atoms with Gasteiger partial charge in [-0.1, -0.05) is 13.8 Å². The fraction of sp³-hybridized carbons (Fsp3) is 0.562. The normalized spacial score (nSPS) is 13.6. The number of aromatic nitrogens is 3. The first-order chi connectivity index (χ1) is 10.9. The minimum Gasteiger partial charge on any atom is -0.337 e. The van der Waals surface area contributed by atoms with E-state index in [0.29, 0.717) is 6.54 Å². The van der Waals surface area contributed by atoms with Crippen LogP contribution in [0.2, 0.25) is 0 Å². The Morgan fingerprint density at radius 3 is 2.70 bits per heavy atom. The molecule has 0 aliphatic heterocycles. The van der Waals surface area contributed by atoms with E-state index in [1.54, 1.807) is 17.5 Å². The molecule has 2 amide bonds. The van der Waals surface area contributed by atoms with Gasteiger partial charge >= 0.3 is 6.03 Å². The number of hydrogen-bond donors (Lipinski definition) is 2. The van der Waals surface area contributed by atoms with Crippen LogP contribution in [0.1, 0.15) is 54.2 Å². The average Bonchev–Trinajstić information content (AvgIpc) is 3.13. The summed E-state index contributed by atoms with van der Waals surface area (Å²) in [5, 5.41) is 13.4. The molecule has 0 aromatic carbocycles. The maximum absolute atomic E-state index is 12.2. The number of carbonyl (C=O) groups is 1. The first-order valence-corrected chi connectivity index (χ1v) is 8.75. The Morgan fingerprint density at radius 1 is 1.43 bits per heavy atom. The van der Waals surface area contributed by atoms with Crippen LogP contribution in [0.5, 0.6) is 0 Å². The van der Waals surface area contributed by atoms with Crippen LogP contribution in [0.4, 0.5) is 4.79 Å². The van der Waals surface area contributed by atoms with E-state index in [-0.39, 0.29) is 18.0 Å². The van der Waals surface area contributed by atoms with Crippen molar-refractivity contribution in [3.63, 3.8) is 0 Å². The van der Waals surface area contributed by atoms with Crippen LogP contribution in [0.25, 0.3) is 0 Å². The zero-order valence-electron chi connectivity index (χ0n) is 14.4. The van der Waals surface area contributed by atoms with E-state index in [1.807, 2.05) is 31.0 Å². The Kier molecular flexibility index (Phi) is 5.76. The highest BCUT2D eigenvalue weighted by molar-refractivity contribution is 7.09. The van der Waals surface area contributed by atoms with Gasteiger partial charge in [0.2, 0.25) is 0 Å². The van der Waals surface area contributed by atoms with E-state index in [9.17, 15) is 4.79 Å². The van der Waals surface area contributed by atoms with Crippen molar-refractivity contribution in [3.8, 4) is 0 Å². The van der Waals surface area contributed by atoms with Gasteiger partial charge in [-0.25, -0.2) is 9.78 Å². The molecule has 2 aromatic heterocycles. The van der Waals surface area contributed by atoms with Crippen molar-refractivity contribution in [1.82, 2.24) is 25.4 Å². The topological polar surface area (TPSA) is 71.8 Å². The number of thiazole rings is 1. The molecule has 6 nitrogen and oxygen atoms in total. The van der Waals surface area contributed by atoms with E-state index in [2.05, 4.69) is 34.6 Å². The predicted octanol–water partition coefficient (Wildman–Crippen LogP) is 3.05. The molecule has 7 heteroatoms. The van der Waals surface area contributed by atoms with E-state index in [4.69, 9.17) is 0 Å². The quantitative estimate of drug-likeness (QED) is 0.852. The third-order valence-corrected chi connectivity index (χ3v) is 5.08. The molecule has 2 aromatic rings. The first-order valence-electron chi connectivity index (χ1n) is 7.87. The molecule has 0 saturated heterocycles. The maximum Gasteiger partial charge on any atom is 0.315 e. The summed E-state index contributed by atoms with van der Waals surface area (Å²) >= 11 is 1.61. The zero-order chi connectivity index (χ0) is 17.0. The Balaban J connectivity index is 1.95. The molecule has 126 valence electrons. The lowest BCUT2D eigenvalue weighted by molar-refractivity contribution is 0.236. The number of hydrogen-bond acceptors (Lipinski definition) is 4.